The van der Waals surface area contributed by atoms with Crippen LogP contribution in [0.2, 0.25) is 10.0 Å². The first-order valence-electron chi connectivity index (χ1n) is 5.39. The first-order valence-corrected chi connectivity index (χ1v) is 6.94. The quantitative estimate of drug-likeness (QED) is 0.743. The number of halogens is 4. The third kappa shape index (κ3) is 3.23. The van der Waals surface area contributed by atoms with Gasteiger partial charge in [0.25, 0.3) is 5.91 Å². The van der Waals surface area contributed by atoms with Crippen molar-refractivity contribution in [1.82, 2.24) is 0 Å². The number of nitrogens with one attached hydrogen (secondary N) is 1. The highest BCUT2D eigenvalue weighted by Crippen LogP contribution is 2.27. The van der Waals surface area contributed by atoms with E-state index < -0.39 is 11.7 Å². The second-order valence-corrected chi connectivity index (χ2v) is 5.61. The van der Waals surface area contributed by atoms with Crippen LogP contribution in [0.15, 0.2) is 34.8 Å². The van der Waals surface area contributed by atoms with Crippen LogP contribution in [0, 0.1) is 5.82 Å². The molecular weight excluding hydrogens is 370 g/mol. The normalized spacial score (nSPS) is 10.4. The molecule has 3 nitrogen and oxygen atoms in total. The minimum Gasteiger partial charge on any atom is -0.396 e. The zero-order chi connectivity index (χ0) is 14.9. The molecule has 0 bridgehead atoms. The summed E-state index contributed by atoms with van der Waals surface area (Å²) in [6, 6.07) is 7.08. The van der Waals surface area contributed by atoms with Gasteiger partial charge in [0, 0.05) is 10.2 Å². The van der Waals surface area contributed by atoms with Crippen LogP contribution in [0.5, 0.6) is 0 Å². The lowest BCUT2D eigenvalue weighted by molar-refractivity contribution is 0.102. The van der Waals surface area contributed by atoms with Crippen LogP contribution in [0.4, 0.5) is 15.8 Å². The largest absolute Gasteiger partial charge is 0.396 e. The van der Waals surface area contributed by atoms with Gasteiger partial charge in [0.1, 0.15) is 5.82 Å². The van der Waals surface area contributed by atoms with Gasteiger partial charge in [0.15, 0.2) is 0 Å². The van der Waals surface area contributed by atoms with Crippen molar-refractivity contribution in [3.05, 3.63) is 56.2 Å². The van der Waals surface area contributed by atoms with E-state index in [1.807, 2.05) is 0 Å². The standard InChI is InChI=1S/C13H8BrCl2FN2O/c14-8-5-11(17)12(18)4-7(8)13(20)19-6-1-2-9(15)10(16)3-6/h1-5H,18H2,(H,19,20). The maximum Gasteiger partial charge on any atom is 0.256 e. The van der Waals surface area contributed by atoms with Gasteiger partial charge in [-0.3, -0.25) is 4.79 Å². The summed E-state index contributed by atoms with van der Waals surface area (Å²) >= 11 is 14.8. The van der Waals surface area contributed by atoms with Crippen LogP contribution < -0.4 is 11.1 Å². The topological polar surface area (TPSA) is 55.1 Å². The molecule has 2 aromatic rings. The van der Waals surface area contributed by atoms with Crippen LogP contribution in [0.3, 0.4) is 0 Å². The lowest BCUT2D eigenvalue weighted by Gasteiger charge is -2.09. The molecule has 2 aromatic carbocycles. The average molecular weight is 378 g/mol. The Morgan fingerprint density at radius 2 is 1.90 bits per heavy atom. The van der Waals surface area contributed by atoms with Gasteiger partial charge in [-0.05, 0) is 46.3 Å². The zero-order valence-corrected chi connectivity index (χ0v) is 13.0. The second-order valence-electron chi connectivity index (χ2n) is 3.94. The Morgan fingerprint density at radius 3 is 2.55 bits per heavy atom. The van der Waals surface area contributed by atoms with Gasteiger partial charge in [-0.1, -0.05) is 23.2 Å². The Labute approximate surface area is 133 Å². The van der Waals surface area contributed by atoms with Crippen LogP contribution in [0.1, 0.15) is 10.4 Å². The summed E-state index contributed by atoms with van der Waals surface area (Å²) in [4.78, 5) is 12.1. The lowest BCUT2D eigenvalue weighted by atomic mass is 10.1. The summed E-state index contributed by atoms with van der Waals surface area (Å²) < 4.78 is 13.5. The summed E-state index contributed by atoms with van der Waals surface area (Å²) in [6.45, 7) is 0. The highest BCUT2D eigenvalue weighted by Gasteiger charge is 2.14. The van der Waals surface area contributed by atoms with E-state index in [9.17, 15) is 9.18 Å². The summed E-state index contributed by atoms with van der Waals surface area (Å²) in [5.41, 5.74) is 6.04. The highest BCUT2D eigenvalue weighted by atomic mass is 79.9. The van der Waals surface area contributed by atoms with Crippen molar-refractivity contribution >= 4 is 56.4 Å². The fourth-order valence-electron chi connectivity index (χ4n) is 1.51. The highest BCUT2D eigenvalue weighted by molar-refractivity contribution is 9.10. The first kappa shape index (κ1) is 15.1. The predicted octanol–water partition coefficient (Wildman–Crippen LogP) is 4.73. The van der Waals surface area contributed by atoms with Crippen molar-refractivity contribution in [3.63, 3.8) is 0 Å². The zero-order valence-electron chi connectivity index (χ0n) is 9.88. The number of amides is 1. The molecule has 0 fully saturated rings. The van der Waals surface area contributed by atoms with Crippen LogP contribution in [-0.2, 0) is 0 Å². The molecule has 0 heterocycles. The Kier molecular flexibility index (Phi) is 4.52. The van der Waals surface area contributed by atoms with E-state index in [0.717, 1.165) is 6.07 Å². The summed E-state index contributed by atoms with van der Waals surface area (Å²) in [5.74, 6) is -1.04. The molecule has 0 aromatic heterocycles. The summed E-state index contributed by atoms with van der Waals surface area (Å²) in [7, 11) is 0. The lowest BCUT2D eigenvalue weighted by Crippen LogP contribution is -2.13. The molecule has 3 N–H and O–H groups in total. The number of rotatable bonds is 2. The number of hydrogen-bond donors (Lipinski definition) is 2. The number of anilines is 2. The molecule has 0 atom stereocenters. The van der Waals surface area contributed by atoms with Gasteiger partial charge in [-0.2, -0.15) is 0 Å². The molecule has 0 aliphatic carbocycles. The fraction of sp³-hybridized carbons (Fsp3) is 0. The number of carbonyl (C=O) groups excluding carboxylic acids is 1. The first-order chi connectivity index (χ1) is 9.38. The molecule has 2 rings (SSSR count). The van der Waals surface area contributed by atoms with Gasteiger partial charge in [-0.15, -0.1) is 0 Å². The van der Waals surface area contributed by atoms with Crippen molar-refractivity contribution in [2.75, 3.05) is 11.1 Å². The maximum absolute atomic E-state index is 13.2. The van der Waals surface area contributed by atoms with Crippen LogP contribution in [0.25, 0.3) is 0 Å². The van der Waals surface area contributed by atoms with E-state index in [0.29, 0.717) is 20.2 Å². The third-order valence-electron chi connectivity index (χ3n) is 2.51. The smallest absolute Gasteiger partial charge is 0.256 e. The Hall–Kier alpha value is -1.30. The molecular formula is C13H8BrCl2FN2O. The minimum absolute atomic E-state index is 0.104. The van der Waals surface area contributed by atoms with Crippen LogP contribution in [-0.4, -0.2) is 5.91 Å². The van der Waals surface area contributed by atoms with Crippen molar-refractivity contribution in [2.24, 2.45) is 0 Å². The van der Waals surface area contributed by atoms with E-state index in [4.69, 9.17) is 28.9 Å². The molecule has 0 saturated carbocycles. The molecule has 0 saturated heterocycles. The molecule has 0 aliphatic rings. The van der Waals surface area contributed by atoms with Crippen molar-refractivity contribution in [3.8, 4) is 0 Å². The average Bonchev–Trinajstić information content (AvgIpc) is 2.38. The third-order valence-corrected chi connectivity index (χ3v) is 3.90. The van der Waals surface area contributed by atoms with Gasteiger partial charge < -0.3 is 11.1 Å². The van der Waals surface area contributed by atoms with E-state index in [2.05, 4.69) is 21.2 Å². The van der Waals surface area contributed by atoms with Crippen LogP contribution >= 0.6 is 39.1 Å². The van der Waals surface area contributed by atoms with Crippen molar-refractivity contribution < 1.29 is 9.18 Å². The summed E-state index contributed by atoms with van der Waals surface area (Å²) in [6.07, 6.45) is 0. The van der Waals surface area contributed by atoms with E-state index in [1.165, 1.54) is 12.1 Å². The fourth-order valence-corrected chi connectivity index (χ4v) is 2.31. The number of carbonyl (C=O) groups is 1. The van der Waals surface area contributed by atoms with E-state index in [-0.39, 0.29) is 11.3 Å². The van der Waals surface area contributed by atoms with Crippen molar-refractivity contribution in [1.29, 1.82) is 0 Å². The molecule has 0 unspecified atom stereocenters. The Morgan fingerprint density at radius 1 is 1.20 bits per heavy atom. The molecule has 0 spiro atoms. The van der Waals surface area contributed by atoms with Gasteiger partial charge >= 0.3 is 0 Å². The number of nitrogens with two attached hydrogens (primary N) is 1. The number of nitrogen functional groups attached to an aromatic ring is 1. The molecule has 104 valence electrons. The molecule has 20 heavy (non-hydrogen) atoms. The van der Waals surface area contributed by atoms with Gasteiger partial charge in [-0.25, -0.2) is 4.39 Å². The van der Waals surface area contributed by atoms with Crippen molar-refractivity contribution in [2.45, 2.75) is 0 Å². The second kappa shape index (κ2) is 5.99. The molecule has 1 amide bonds. The minimum atomic E-state index is -0.594. The molecule has 0 radical (unpaired) electrons. The maximum atomic E-state index is 13.2. The molecule has 0 aliphatic heterocycles. The SMILES string of the molecule is Nc1cc(C(=O)Nc2ccc(Cl)c(Cl)c2)c(Br)cc1F. The van der Waals surface area contributed by atoms with E-state index in [1.54, 1.807) is 12.1 Å². The Bertz CT molecular complexity index is 694. The van der Waals surface area contributed by atoms with Gasteiger partial charge in [0.2, 0.25) is 0 Å². The number of hydrogen-bond acceptors (Lipinski definition) is 2. The van der Waals surface area contributed by atoms with E-state index >= 15 is 0 Å². The van der Waals surface area contributed by atoms with Gasteiger partial charge in [0.05, 0.1) is 21.3 Å². The predicted molar refractivity (Wildman–Crippen MR) is 82.9 cm³/mol. The Balaban J connectivity index is 2.28. The number of benzene rings is 2. The molecule has 7 heteroatoms. The monoisotopic (exact) mass is 376 g/mol. The summed E-state index contributed by atoms with van der Waals surface area (Å²) in [5, 5.41) is 3.33.